The number of aliphatic carboxylic acids is 1. The van der Waals surface area contributed by atoms with E-state index in [0.29, 0.717) is 26.2 Å². The molecule has 0 aromatic carbocycles. The number of carboxylic acids is 1. The standard InChI is InChI=1S/C13H24N4O4/c1-9(11(18)15(3)4)14-13(21)17-7-5-16(6-8-17)10(2)12(19)20/h9-10H,5-8H2,1-4H3,(H,14,21)(H,19,20). The maximum Gasteiger partial charge on any atom is 0.320 e. The molecule has 1 aliphatic rings. The Bertz CT molecular complexity index is 405. The first-order valence-corrected chi connectivity index (χ1v) is 6.97. The van der Waals surface area contributed by atoms with Gasteiger partial charge in [0.25, 0.3) is 0 Å². The molecule has 0 spiro atoms. The Balaban J connectivity index is 2.45. The summed E-state index contributed by atoms with van der Waals surface area (Å²) in [7, 11) is 3.27. The molecule has 1 fully saturated rings. The zero-order valence-corrected chi connectivity index (χ0v) is 13.0. The molecule has 0 radical (unpaired) electrons. The van der Waals surface area contributed by atoms with Gasteiger partial charge in [0.05, 0.1) is 0 Å². The van der Waals surface area contributed by atoms with Crippen molar-refractivity contribution in [3.05, 3.63) is 0 Å². The molecule has 120 valence electrons. The van der Waals surface area contributed by atoms with E-state index in [-0.39, 0.29) is 11.9 Å². The SMILES string of the molecule is CC(NC(=O)N1CCN(C(C)C(=O)O)CC1)C(=O)N(C)C. The third kappa shape index (κ3) is 4.59. The monoisotopic (exact) mass is 300 g/mol. The van der Waals surface area contributed by atoms with E-state index in [1.54, 1.807) is 32.8 Å². The normalized spacial score (nSPS) is 18.8. The molecule has 21 heavy (non-hydrogen) atoms. The number of rotatable bonds is 4. The number of carboxylic acid groups (broad SMARTS) is 1. The van der Waals surface area contributed by atoms with Crippen molar-refractivity contribution in [2.45, 2.75) is 25.9 Å². The maximum atomic E-state index is 12.1. The molecule has 2 N–H and O–H groups in total. The fourth-order valence-electron chi connectivity index (χ4n) is 2.19. The molecule has 1 saturated heterocycles. The Morgan fingerprint density at radius 2 is 1.62 bits per heavy atom. The molecule has 0 aromatic heterocycles. The molecule has 0 aliphatic carbocycles. The molecule has 2 unspecified atom stereocenters. The summed E-state index contributed by atoms with van der Waals surface area (Å²) >= 11 is 0. The third-order valence-electron chi connectivity index (χ3n) is 3.66. The van der Waals surface area contributed by atoms with Crippen LogP contribution in [-0.4, -0.2) is 90.1 Å². The smallest absolute Gasteiger partial charge is 0.320 e. The van der Waals surface area contributed by atoms with Crippen LogP contribution in [0.3, 0.4) is 0 Å². The van der Waals surface area contributed by atoms with Gasteiger partial charge in [-0.15, -0.1) is 0 Å². The van der Waals surface area contributed by atoms with Gasteiger partial charge in [0.15, 0.2) is 0 Å². The zero-order chi connectivity index (χ0) is 16.2. The lowest BCUT2D eigenvalue weighted by Crippen LogP contribution is -2.57. The van der Waals surface area contributed by atoms with Gasteiger partial charge in [-0.1, -0.05) is 0 Å². The summed E-state index contributed by atoms with van der Waals surface area (Å²) in [6, 6.07) is -1.42. The van der Waals surface area contributed by atoms with E-state index in [0.717, 1.165) is 0 Å². The van der Waals surface area contributed by atoms with Crippen LogP contribution in [0.15, 0.2) is 0 Å². The highest BCUT2D eigenvalue weighted by Gasteiger charge is 2.28. The van der Waals surface area contributed by atoms with Gasteiger partial charge in [-0.05, 0) is 13.8 Å². The lowest BCUT2D eigenvalue weighted by Gasteiger charge is -2.36. The van der Waals surface area contributed by atoms with Crippen molar-refractivity contribution in [3.63, 3.8) is 0 Å². The highest BCUT2D eigenvalue weighted by molar-refractivity contribution is 5.86. The minimum Gasteiger partial charge on any atom is -0.480 e. The largest absolute Gasteiger partial charge is 0.480 e. The fraction of sp³-hybridized carbons (Fsp3) is 0.769. The van der Waals surface area contributed by atoms with Crippen LogP contribution >= 0.6 is 0 Å². The Labute approximate surface area is 124 Å². The number of piperazine rings is 1. The molecule has 0 saturated carbocycles. The second-order valence-corrected chi connectivity index (χ2v) is 5.44. The molecule has 8 nitrogen and oxygen atoms in total. The van der Waals surface area contributed by atoms with E-state index in [4.69, 9.17) is 5.11 Å². The van der Waals surface area contributed by atoms with E-state index in [1.807, 2.05) is 4.90 Å². The number of nitrogens with zero attached hydrogens (tertiary/aromatic N) is 3. The predicted molar refractivity (Wildman–Crippen MR) is 76.9 cm³/mol. The van der Waals surface area contributed by atoms with Crippen LogP contribution in [-0.2, 0) is 9.59 Å². The summed E-state index contributed by atoms with van der Waals surface area (Å²) in [5, 5.41) is 11.6. The van der Waals surface area contributed by atoms with Crippen molar-refractivity contribution in [2.75, 3.05) is 40.3 Å². The summed E-state index contributed by atoms with van der Waals surface area (Å²) in [5.74, 6) is -1.03. The van der Waals surface area contributed by atoms with Crippen molar-refractivity contribution in [1.82, 2.24) is 20.0 Å². The quantitative estimate of drug-likeness (QED) is 0.713. The number of urea groups is 1. The average molecular weight is 300 g/mol. The van der Waals surface area contributed by atoms with Gasteiger partial charge in [-0.2, -0.15) is 0 Å². The van der Waals surface area contributed by atoms with Crippen LogP contribution < -0.4 is 5.32 Å². The van der Waals surface area contributed by atoms with Gasteiger partial charge in [0.2, 0.25) is 5.91 Å². The second kappa shape index (κ2) is 7.26. The van der Waals surface area contributed by atoms with Crippen LogP contribution in [0.5, 0.6) is 0 Å². The first kappa shape index (κ1) is 17.2. The minimum atomic E-state index is -0.863. The Morgan fingerprint density at radius 1 is 1.10 bits per heavy atom. The second-order valence-electron chi connectivity index (χ2n) is 5.44. The highest BCUT2D eigenvalue weighted by atomic mass is 16.4. The third-order valence-corrected chi connectivity index (χ3v) is 3.66. The molecule has 1 aliphatic heterocycles. The van der Waals surface area contributed by atoms with Gasteiger partial charge < -0.3 is 20.2 Å². The van der Waals surface area contributed by atoms with Gasteiger partial charge in [-0.3, -0.25) is 14.5 Å². The number of amides is 3. The molecule has 1 heterocycles. The van der Waals surface area contributed by atoms with Gasteiger partial charge in [0, 0.05) is 40.3 Å². The molecular formula is C13H24N4O4. The minimum absolute atomic E-state index is 0.165. The van der Waals surface area contributed by atoms with Crippen LogP contribution in [0.1, 0.15) is 13.8 Å². The van der Waals surface area contributed by atoms with Gasteiger partial charge in [-0.25, -0.2) is 4.79 Å². The van der Waals surface area contributed by atoms with Crippen molar-refractivity contribution < 1.29 is 19.5 Å². The molecule has 8 heteroatoms. The zero-order valence-electron chi connectivity index (χ0n) is 13.0. The van der Waals surface area contributed by atoms with E-state index in [2.05, 4.69) is 5.32 Å². The van der Waals surface area contributed by atoms with Crippen LogP contribution in [0.25, 0.3) is 0 Å². The number of carbonyl (C=O) groups excluding carboxylic acids is 2. The summed E-state index contributed by atoms with van der Waals surface area (Å²) in [5.41, 5.74) is 0. The van der Waals surface area contributed by atoms with Crippen molar-refractivity contribution in [3.8, 4) is 0 Å². The Hall–Kier alpha value is -1.83. The molecule has 1 rings (SSSR count). The predicted octanol–water partition coefficient (Wildman–Crippen LogP) is -0.737. The van der Waals surface area contributed by atoms with Crippen molar-refractivity contribution in [2.24, 2.45) is 0 Å². The summed E-state index contributed by atoms with van der Waals surface area (Å²) in [4.78, 5) is 39.5. The highest BCUT2D eigenvalue weighted by Crippen LogP contribution is 2.07. The van der Waals surface area contributed by atoms with Crippen molar-refractivity contribution >= 4 is 17.9 Å². The summed E-state index contributed by atoms with van der Waals surface area (Å²) in [6.07, 6.45) is 0. The lowest BCUT2D eigenvalue weighted by molar-refractivity contribution is -0.143. The first-order valence-electron chi connectivity index (χ1n) is 6.97. The van der Waals surface area contributed by atoms with Crippen LogP contribution in [0.2, 0.25) is 0 Å². The van der Waals surface area contributed by atoms with E-state index < -0.39 is 18.1 Å². The topological polar surface area (TPSA) is 93.2 Å². The van der Waals surface area contributed by atoms with Crippen molar-refractivity contribution in [1.29, 1.82) is 0 Å². The van der Waals surface area contributed by atoms with Crippen LogP contribution in [0, 0.1) is 0 Å². The number of carbonyl (C=O) groups is 3. The lowest BCUT2D eigenvalue weighted by atomic mass is 10.2. The number of hydrogen-bond acceptors (Lipinski definition) is 4. The van der Waals surface area contributed by atoms with Gasteiger partial charge >= 0.3 is 12.0 Å². The van der Waals surface area contributed by atoms with Crippen LogP contribution in [0.4, 0.5) is 4.79 Å². The summed E-state index contributed by atoms with van der Waals surface area (Å²) < 4.78 is 0. The number of likely N-dealkylation sites (N-methyl/N-ethyl adjacent to an activating group) is 1. The molecular weight excluding hydrogens is 276 g/mol. The molecule has 2 atom stereocenters. The first-order chi connectivity index (χ1) is 9.73. The molecule has 3 amide bonds. The molecule has 0 aromatic rings. The molecule has 0 bridgehead atoms. The van der Waals surface area contributed by atoms with E-state index in [1.165, 1.54) is 4.90 Å². The fourth-order valence-corrected chi connectivity index (χ4v) is 2.19. The number of nitrogens with one attached hydrogen (secondary N) is 1. The Morgan fingerprint density at radius 3 is 2.05 bits per heavy atom. The Kier molecular flexibility index (Phi) is 5.95. The van der Waals surface area contributed by atoms with Gasteiger partial charge in [0.1, 0.15) is 12.1 Å². The maximum absolute atomic E-state index is 12.1. The number of hydrogen-bond donors (Lipinski definition) is 2. The summed E-state index contributed by atoms with van der Waals surface area (Å²) in [6.45, 7) is 5.20. The van der Waals surface area contributed by atoms with E-state index in [9.17, 15) is 14.4 Å². The average Bonchev–Trinajstić information content (AvgIpc) is 2.45. The van der Waals surface area contributed by atoms with E-state index >= 15 is 0 Å².